The van der Waals surface area contributed by atoms with Crippen LogP contribution in [0.25, 0.3) is 0 Å². The Morgan fingerprint density at radius 3 is 2.76 bits per heavy atom. The normalized spacial score (nSPS) is 25.3. The Morgan fingerprint density at radius 2 is 2.14 bits per heavy atom. The summed E-state index contributed by atoms with van der Waals surface area (Å²) in [5, 5.41) is 23.8. The van der Waals surface area contributed by atoms with Crippen LogP contribution in [0.5, 0.6) is 0 Å². The van der Waals surface area contributed by atoms with E-state index < -0.39 is 16.4 Å². The van der Waals surface area contributed by atoms with Crippen LogP contribution in [0, 0.1) is 16.0 Å². The van der Waals surface area contributed by atoms with Gasteiger partial charge in [-0.05, 0) is 37.7 Å². The number of aliphatic hydroxyl groups is 1. The number of hydrogen-bond donors (Lipinski definition) is 2. The molecule has 21 heavy (non-hydrogen) atoms. The second-order valence-corrected chi connectivity index (χ2v) is 5.90. The molecule has 2 N–H and O–H groups in total. The Bertz CT molecular complexity index is 536. The highest BCUT2D eigenvalue weighted by Crippen LogP contribution is 2.31. The zero-order valence-electron chi connectivity index (χ0n) is 12.0. The van der Waals surface area contributed by atoms with Gasteiger partial charge in [-0.2, -0.15) is 0 Å². The van der Waals surface area contributed by atoms with Crippen LogP contribution in [-0.4, -0.2) is 28.1 Å². The van der Waals surface area contributed by atoms with Gasteiger partial charge in [-0.3, -0.25) is 14.9 Å². The Labute approximate surface area is 123 Å². The van der Waals surface area contributed by atoms with E-state index in [1.807, 2.05) is 0 Å². The summed E-state index contributed by atoms with van der Waals surface area (Å²) in [5.41, 5.74) is -0.743. The van der Waals surface area contributed by atoms with E-state index in [1.165, 1.54) is 24.3 Å². The maximum absolute atomic E-state index is 12.0. The van der Waals surface area contributed by atoms with E-state index in [0.717, 1.165) is 12.8 Å². The Hall–Kier alpha value is -1.95. The van der Waals surface area contributed by atoms with Crippen LogP contribution in [0.15, 0.2) is 24.3 Å². The van der Waals surface area contributed by atoms with Crippen LogP contribution in [-0.2, 0) is 0 Å². The smallest absolute Gasteiger partial charge is 0.270 e. The molecular formula is C15H20N2O4. The van der Waals surface area contributed by atoms with Crippen molar-refractivity contribution in [2.75, 3.05) is 6.54 Å². The number of rotatable bonds is 4. The summed E-state index contributed by atoms with van der Waals surface area (Å²) < 4.78 is 0. The quantitative estimate of drug-likeness (QED) is 0.657. The van der Waals surface area contributed by atoms with Crippen LogP contribution >= 0.6 is 0 Å². The van der Waals surface area contributed by atoms with Crippen LogP contribution in [0.3, 0.4) is 0 Å². The first-order valence-electron chi connectivity index (χ1n) is 7.15. The molecule has 1 saturated carbocycles. The lowest BCUT2D eigenvalue weighted by atomic mass is 9.79. The zero-order valence-corrected chi connectivity index (χ0v) is 12.0. The fraction of sp³-hybridized carbons (Fsp3) is 0.533. The Morgan fingerprint density at radius 1 is 1.48 bits per heavy atom. The standard InChI is InChI=1S/C15H20N2O4/c1-11-5-7-15(19,8-6-11)10-16-14(18)12-3-2-4-13(9-12)17(20)21/h2-4,9,11,19H,5-8,10H2,1H3,(H,16,18). The first-order valence-corrected chi connectivity index (χ1v) is 7.15. The van der Waals surface area contributed by atoms with Gasteiger partial charge >= 0.3 is 0 Å². The van der Waals surface area contributed by atoms with Gasteiger partial charge in [0.2, 0.25) is 0 Å². The molecule has 1 aromatic carbocycles. The average molecular weight is 292 g/mol. The highest BCUT2D eigenvalue weighted by atomic mass is 16.6. The fourth-order valence-electron chi connectivity index (χ4n) is 2.58. The number of nitrogens with one attached hydrogen (secondary N) is 1. The van der Waals surface area contributed by atoms with Crippen molar-refractivity contribution >= 4 is 11.6 Å². The van der Waals surface area contributed by atoms with Crippen LogP contribution in [0.2, 0.25) is 0 Å². The topological polar surface area (TPSA) is 92.5 Å². The number of nitrogens with zero attached hydrogens (tertiary/aromatic N) is 1. The van der Waals surface area contributed by atoms with Gasteiger partial charge in [0, 0.05) is 24.2 Å². The molecule has 6 heteroatoms. The van der Waals surface area contributed by atoms with Gasteiger partial charge in [0.05, 0.1) is 10.5 Å². The third-order valence-corrected chi connectivity index (χ3v) is 4.10. The number of carbonyl (C=O) groups excluding carboxylic acids is 1. The molecule has 0 aromatic heterocycles. The molecule has 0 spiro atoms. The summed E-state index contributed by atoms with van der Waals surface area (Å²) in [6.07, 6.45) is 3.24. The maximum Gasteiger partial charge on any atom is 0.270 e. The van der Waals surface area contributed by atoms with Gasteiger partial charge in [0.1, 0.15) is 0 Å². The van der Waals surface area contributed by atoms with E-state index in [2.05, 4.69) is 12.2 Å². The third-order valence-electron chi connectivity index (χ3n) is 4.10. The van der Waals surface area contributed by atoms with Crippen molar-refractivity contribution < 1.29 is 14.8 Å². The molecular weight excluding hydrogens is 272 g/mol. The molecule has 0 saturated heterocycles. The van der Waals surface area contributed by atoms with Crippen molar-refractivity contribution in [2.24, 2.45) is 5.92 Å². The predicted octanol–water partition coefficient (Wildman–Crippen LogP) is 2.27. The molecule has 0 bridgehead atoms. The van der Waals surface area contributed by atoms with Gasteiger partial charge in [-0.15, -0.1) is 0 Å². The molecule has 114 valence electrons. The highest BCUT2D eigenvalue weighted by molar-refractivity contribution is 5.94. The lowest BCUT2D eigenvalue weighted by Crippen LogP contribution is -2.45. The van der Waals surface area contributed by atoms with Gasteiger partial charge in [-0.25, -0.2) is 0 Å². The van der Waals surface area contributed by atoms with Crippen LogP contribution < -0.4 is 5.32 Å². The van der Waals surface area contributed by atoms with Crippen molar-refractivity contribution in [2.45, 2.75) is 38.2 Å². The summed E-state index contributed by atoms with van der Waals surface area (Å²) in [7, 11) is 0. The second kappa shape index (κ2) is 6.22. The minimum atomic E-state index is -0.858. The van der Waals surface area contributed by atoms with Crippen LogP contribution in [0.1, 0.15) is 43.0 Å². The molecule has 1 aromatic rings. The van der Waals surface area contributed by atoms with Gasteiger partial charge in [0.25, 0.3) is 11.6 Å². The second-order valence-electron chi connectivity index (χ2n) is 5.90. The van der Waals surface area contributed by atoms with E-state index in [4.69, 9.17) is 0 Å². The molecule has 0 unspecified atom stereocenters. The number of non-ortho nitro benzene ring substituents is 1. The molecule has 0 heterocycles. The number of hydrogen-bond acceptors (Lipinski definition) is 4. The summed E-state index contributed by atoms with van der Waals surface area (Å²) in [6, 6.07) is 5.58. The highest BCUT2D eigenvalue weighted by Gasteiger charge is 2.32. The molecule has 0 radical (unpaired) electrons. The van der Waals surface area contributed by atoms with Crippen molar-refractivity contribution in [1.82, 2.24) is 5.32 Å². The van der Waals surface area contributed by atoms with E-state index in [-0.39, 0.29) is 17.8 Å². The molecule has 0 atom stereocenters. The molecule has 1 aliphatic carbocycles. The molecule has 1 fully saturated rings. The first kappa shape index (κ1) is 15.4. The fourth-order valence-corrected chi connectivity index (χ4v) is 2.58. The number of nitro benzene ring substituents is 1. The van der Waals surface area contributed by atoms with Crippen molar-refractivity contribution in [1.29, 1.82) is 0 Å². The monoisotopic (exact) mass is 292 g/mol. The molecule has 1 amide bonds. The van der Waals surface area contributed by atoms with Gasteiger partial charge < -0.3 is 10.4 Å². The maximum atomic E-state index is 12.0. The van der Waals surface area contributed by atoms with Gasteiger partial charge in [0.15, 0.2) is 0 Å². The van der Waals surface area contributed by atoms with Crippen LogP contribution in [0.4, 0.5) is 5.69 Å². The van der Waals surface area contributed by atoms with E-state index in [1.54, 1.807) is 0 Å². The van der Waals surface area contributed by atoms with Crippen molar-refractivity contribution in [3.05, 3.63) is 39.9 Å². The number of nitro groups is 1. The van der Waals surface area contributed by atoms with Crippen molar-refractivity contribution in [3.63, 3.8) is 0 Å². The van der Waals surface area contributed by atoms with Gasteiger partial charge in [-0.1, -0.05) is 13.0 Å². The van der Waals surface area contributed by atoms with E-state index in [9.17, 15) is 20.0 Å². The minimum Gasteiger partial charge on any atom is -0.388 e. The first-order chi connectivity index (χ1) is 9.89. The Kier molecular flexibility index (Phi) is 4.57. The molecule has 1 aliphatic rings. The summed E-state index contributed by atoms with van der Waals surface area (Å²) >= 11 is 0. The van der Waals surface area contributed by atoms with E-state index in [0.29, 0.717) is 18.8 Å². The number of amides is 1. The molecule has 0 aliphatic heterocycles. The van der Waals surface area contributed by atoms with E-state index >= 15 is 0 Å². The minimum absolute atomic E-state index is 0.118. The zero-order chi connectivity index (χ0) is 15.5. The average Bonchev–Trinajstić information content (AvgIpc) is 2.48. The predicted molar refractivity (Wildman–Crippen MR) is 78.0 cm³/mol. The molecule has 6 nitrogen and oxygen atoms in total. The molecule has 2 rings (SSSR count). The van der Waals surface area contributed by atoms with Crippen molar-refractivity contribution in [3.8, 4) is 0 Å². The Balaban J connectivity index is 1.95. The SMILES string of the molecule is CC1CCC(O)(CNC(=O)c2cccc([N+](=O)[O-])c2)CC1. The third kappa shape index (κ3) is 4.01. The number of carbonyl (C=O) groups is 1. The summed E-state index contributed by atoms with van der Waals surface area (Å²) in [4.78, 5) is 22.2. The summed E-state index contributed by atoms with van der Waals surface area (Å²) in [5.74, 6) is 0.212. The largest absolute Gasteiger partial charge is 0.388 e. The number of benzene rings is 1. The summed E-state index contributed by atoms with van der Waals surface area (Å²) in [6.45, 7) is 2.34. The lowest BCUT2D eigenvalue weighted by molar-refractivity contribution is -0.384. The lowest BCUT2D eigenvalue weighted by Gasteiger charge is -2.34.